The maximum Gasteiger partial charge on any atom is 0.226 e. The van der Waals surface area contributed by atoms with E-state index < -0.39 is 0 Å². The zero-order chi connectivity index (χ0) is 14.8. The minimum absolute atomic E-state index is 0.290. The summed E-state index contributed by atoms with van der Waals surface area (Å²) >= 11 is 0. The number of carbonyl (C=O) groups excluding carboxylic acids is 1. The molecule has 0 saturated carbocycles. The van der Waals surface area contributed by atoms with E-state index in [1.54, 1.807) is 0 Å². The van der Waals surface area contributed by atoms with Gasteiger partial charge in [-0.15, -0.1) is 0 Å². The summed E-state index contributed by atoms with van der Waals surface area (Å²) in [5.74, 6) is 0.290. The monoisotopic (exact) mass is 280 g/mol. The number of allylic oxidation sites excluding steroid dienone is 1. The van der Waals surface area contributed by atoms with E-state index >= 15 is 0 Å². The molecule has 0 radical (unpaired) electrons. The van der Waals surface area contributed by atoms with E-state index in [2.05, 4.69) is 37.8 Å². The number of piperazine rings is 1. The van der Waals surface area contributed by atoms with Gasteiger partial charge in [0.05, 0.1) is 0 Å². The van der Waals surface area contributed by atoms with Gasteiger partial charge in [0.25, 0.3) is 0 Å². The highest BCUT2D eigenvalue weighted by molar-refractivity contribution is 5.77. The summed E-state index contributed by atoms with van der Waals surface area (Å²) in [4.78, 5) is 16.5. The summed E-state index contributed by atoms with van der Waals surface area (Å²) in [7, 11) is 0. The fourth-order valence-corrected chi connectivity index (χ4v) is 2.61. The standard InChI is InChI=1S/C17H32N2O/c1-4-5-6-7-8-9-10-11-17(20)19-14-12-18(13-15-19)16(2)3/h9-10,16H,4-8,11-15H2,1-3H3/b10-9+. The fraction of sp³-hybridized carbons (Fsp3) is 0.824. The molecule has 0 spiro atoms. The average Bonchev–Trinajstić information content (AvgIpc) is 2.46. The zero-order valence-corrected chi connectivity index (χ0v) is 13.6. The fourth-order valence-electron chi connectivity index (χ4n) is 2.61. The number of hydrogen-bond donors (Lipinski definition) is 0. The second-order valence-electron chi connectivity index (χ2n) is 6.04. The van der Waals surface area contributed by atoms with E-state index in [1.807, 2.05) is 4.90 Å². The van der Waals surface area contributed by atoms with Crippen molar-refractivity contribution >= 4 is 5.91 Å². The van der Waals surface area contributed by atoms with Gasteiger partial charge in [0.2, 0.25) is 5.91 Å². The summed E-state index contributed by atoms with van der Waals surface area (Å²) < 4.78 is 0. The molecule has 0 unspecified atom stereocenters. The van der Waals surface area contributed by atoms with Crippen molar-refractivity contribution in [1.82, 2.24) is 9.80 Å². The third kappa shape index (κ3) is 6.56. The van der Waals surface area contributed by atoms with Gasteiger partial charge in [-0.3, -0.25) is 9.69 Å². The van der Waals surface area contributed by atoms with Gasteiger partial charge in [-0.05, 0) is 26.7 Å². The van der Waals surface area contributed by atoms with E-state index in [4.69, 9.17) is 0 Å². The molecule has 0 aromatic rings. The highest BCUT2D eigenvalue weighted by Crippen LogP contribution is 2.08. The predicted octanol–water partition coefficient (Wildman–Crippen LogP) is 3.46. The van der Waals surface area contributed by atoms with Crippen LogP contribution in [0.2, 0.25) is 0 Å². The Labute approximate surface area is 125 Å². The lowest BCUT2D eigenvalue weighted by molar-refractivity contribution is -0.132. The molecule has 1 fully saturated rings. The van der Waals surface area contributed by atoms with Gasteiger partial charge in [-0.25, -0.2) is 0 Å². The molecule has 1 amide bonds. The molecule has 0 aromatic heterocycles. The Morgan fingerprint density at radius 2 is 1.75 bits per heavy atom. The van der Waals surface area contributed by atoms with Gasteiger partial charge >= 0.3 is 0 Å². The molecule has 0 N–H and O–H groups in total. The molecule has 116 valence electrons. The maximum atomic E-state index is 12.1. The molecule has 0 atom stereocenters. The summed E-state index contributed by atoms with van der Waals surface area (Å²) in [6.45, 7) is 10.5. The average molecular weight is 280 g/mol. The summed E-state index contributed by atoms with van der Waals surface area (Å²) in [6, 6.07) is 0.593. The topological polar surface area (TPSA) is 23.6 Å². The molecule has 0 bridgehead atoms. The highest BCUT2D eigenvalue weighted by atomic mass is 16.2. The summed E-state index contributed by atoms with van der Waals surface area (Å²) in [6.07, 6.45) is 11.1. The summed E-state index contributed by atoms with van der Waals surface area (Å²) in [5.41, 5.74) is 0. The minimum atomic E-state index is 0.290. The lowest BCUT2D eigenvalue weighted by Gasteiger charge is -2.36. The van der Waals surface area contributed by atoms with Gasteiger partial charge < -0.3 is 4.90 Å². The SMILES string of the molecule is CCCCCC/C=C/CC(=O)N1CCN(C(C)C)CC1. The third-order valence-corrected chi connectivity index (χ3v) is 4.08. The van der Waals surface area contributed by atoms with Gasteiger partial charge in [0.15, 0.2) is 0 Å². The Morgan fingerprint density at radius 1 is 1.05 bits per heavy atom. The molecule has 1 aliphatic rings. The van der Waals surface area contributed by atoms with Crippen molar-refractivity contribution in [3.63, 3.8) is 0 Å². The van der Waals surface area contributed by atoms with Crippen LogP contribution in [0, 0.1) is 0 Å². The smallest absolute Gasteiger partial charge is 0.226 e. The Morgan fingerprint density at radius 3 is 2.35 bits per heavy atom. The molecular weight excluding hydrogens is 248 g/mol. The van der Waals surface area contributed by atoms with Crippen LogP contribution in [0.15, 0.2) is 12.2 Å². The second kappa shape index (κ2) is 9.98. The molecule has 3 heteroatoms. The number of amides is 1. The van der Waals surface area contributed by atoms with Crippen molar-refractivity contribution in [2.45, 2.75) is 65.3 Å². The Bertz CT molecular complexity index is 291. The van der Waals surface area contributed by atoms with Gasteiger partial charge in [0.1, 0.15) is 0 Å². The Hall–Kier alpha value is -0.830. The molecule has 1 heterocycles. The summed E-state index contributed by atoms with van der Waals surface area (Å²) in [5, 5.41) is 0. The van der Waals surface area contributed by atoms with Crippen molar-refractivity contribution in [1.29, 1.82) is 0 Å². The quantitative estimate of drug-likeness (QED) is 0.502. The lowest BCUT2D eigenvalue weighted by Crippen LogP contribution is -2.50. The van der Waals surface area contributed by atoms with Crippen molar-refractivity contribution in [2.75, 3.05) is 26.2 Å². The van der Waals surface area contributed by atoms with E-state index in [1.165, 1.54) is 25.7 Å². The molecule has 1 aliphatic heterocycles. The maximum absolute atomic E-state index is 12.1. The van der Waals surface area contributed by atoms with Crippen LogP contribution in [0.4, 0.5) is 0 Å². The van der Waals surface area contributed by atoms with Crippen molar-refractivity contribution in [2.24, 2.45) is 0 Å². The molecule has 0 aliphatic carbocycles. The first kappa shape index (κ1) is 17.2. The number of nitrogens with zero attached hydrogens (tertiary/aromatic N) is 2. The third-order valence-electron chi connectivity index (χ3n) is 4.08. The van der Waals surface area contributed by atoms with Crippen molar-refractivity contribution < 1.29 is 4.79 Å². The highest BCUT2D eigenvalue weighted by Gasteiger charge is 2.21. The van der Waals surface area contributed by atoms with Crippen molar-refractivity contribution in [3.05, 3.63) is 12.2 Å². The van der Waals surface area contributed by atoms with Crippen LogP contribution >= 0.6 is 0 Å². The van der Waals surface area contributed by atoms with E-state index in [0.717, 1.165) is 32.6 Å². The zero-order valence-electron chi connectivity index (χ0n) is 13.6. The number of unbranched alkanes of at least 4 members (excludes halogenated alkanes) is 4. The minimum Gasteiger partial charge on any atom is -0.340 e. The first-order valence-corrected chi connectivity index (χ1v) is 8.32. The second-order valence-corrected chi connectivity index (χ2v) is 6.04. The van der Waals surface area contributed by atoms with Crippen LogP contribution in [0.5, 0.6) is 0 Å². The normalized spacial score (nSPS) is 17.3. The molecule has 0 aromatic carbocycles. The molecular formula is C17H32N2O. The van der Waals surface area contributed by atoms with Crippen LogP contribution in [0.3, 0.4) is 0 Å². The molecule has 1 saturated heterocycles. The Kier molecular flexibility index (Phi) is 8.59. The lowest BCUT2D eigenvalue weighted by atomic mass is 10.1. The van der Waals surface area contributed by atoms with Crippen molar-refractivity contribution in [3.8, 4) is 0 Å². The van der Waals surface area contributed by atoms with Crippen LogP contribution in [-0.2, 0) is 4.79 Å². The van der Waals surface area contributed by atoms with Crippen LogP contribution in [0.25, 0.3) is 0 Å². The van der Waals surface area contributed by atoms with Gasteiger partial charge in [-0.2, -0.15) is 0 Å². The van der Waals surface area contributed by atoms with Gasteiger partial charge in [-0.1, -0.05) is 38.3 Å². The van der Waals surface area contributed by atoms with Crippen LogP contribution in [0.1, 0.15) is 59.3 Å². The number of hydrogen-bond acceptors (Lipinski definition) is 2. The number of carbonyl (C=O) groups is 1. The van der Waals surface area contributed by atoms with E-state index in [9.17, 15) is 4.79 Å². The molecule has 20 heavy (non-hydrogen) atoms. The largest absolute Gasteiger partial charge is 0.340 e. The first-order valence-electron chi connectivity index (χ1n) is 8.32. The molecule has 1 rings (SSSR count). The number of rotatable bonds is 8. The molecule has 3 nitrogen and oxygen atoms in total. The van der Waals surface area contributed by atoms with Crippen LogP contribution < -0.4 is 0 Å². The van der Waals surface area contributed by atoms with E-state index in [0.29, 0.717) is 18.4 Å². The van der Waals surface area contributed by atoms with Crippen LogP contribution in [-0.4, -0.2) is 47.9 Å². The van der Waals surface area contributed by atoms with Gasteiger partial charge in [0, 0.05) is 38.6 Å². The van der Waals surface area contributed by atoms with E-state index in [-0.39, 0.29) is 0 Å². The Balaban J connectivity index is 2.12. The predicted molar refractivity (Wildman–Crippen MR) is 85.8 cm³/mol. The first-order chi connectivity index (χ1) is 9.65.